The molecule has 4 nitrogen and oxygen atoms in total. The van der Waals surface area contributed by atoms with Gasteiger partial charge in [-0.15, -0.1) is 0 Å². The Bertz CT molecular complexity index is 526. The molecule has 1 atom stereocenters. The first-order valence-corrected chi connectivity index (χ1v) is 6.84. The van der Waals surface area contributed by atoms with Crippen molar-refractivity contribution in [3.05, 3.63) is 34.1 Å². The molecule has 1 aromatic rings. The van der Waals surface area contributed by atoms with Crippen molar-refractivity contribution < 1.29 is 13.9 Å². The van der Waals surface area contributed by atoms with Crippen LogP contribution in [0, 0.1) is 5.82 Å². The Morgan fingerprint density at radius 3 is 2.95 bits per heavy atom. The smallest absolute Gasteiger partial charge is 0.254 e. The minimum atomic E-state index is -0.468. The lowest BCUT2D eigenvalue weighted by Gasteiger charge is -2.32. The van der Waals surface area contributed by atoms with E-state index in [4.69, 9.17) is 22.7 Å². The third-order valence-corrected chi connectivity index (χ3v) is 3.74. The molecule has 2 rings (SSSR count). The number of hydrogen-bond donors (Lipinski definition) is 1. The van der Waals surface area contributed by atoms with Crippen molar-refractivity contribution in [1.29, 1.82) is 0 Å². The van der Waals surface area contributed by atoms with Crippen molar-refractivity contribution in [2.24, 2.45) is 5.73 Å². The summed E-state index contributed by atoms with van der Waals surface area (Å²) in [5.41, 5.74) is 5.81. The molecule has 7 heteroatoms. The van der Waals surface area contributed by atoms with Gasteiger partial charge in [-0.3, -0.25) is 4.79 Å². The van der Waals surface area contributed by atoms with Crippen LogP contribution < -0.4 is 5.73 Å². The third kappa shape index (κ3) is 3.29. The highest BCUT2D eigenvalue weighted by Gasteiger charge is 2.26. The van der Waals surface area contributed by atoms with Gasteiger partial charge < -0.3 is 15.4 Å². The van der Waals surface area contributed by atoms with Crippen molar-refractivity contribution in [2.45, 2.75) is 6.10 Å². The minimum Gasteiger partial charge on any atom is -0.391 e. The molecule has 1 aliphatic rings. The summed E-state index contributed by atoms with van der Waals surface area (Å²) in [6.07, 6.45) is -0.437. The van der Waals surface area contributed by atoms with Crippen LogP contribution in [0.1, 0.15) is 10.4 Å². The zero-order valence-corrected chi connectivity index (χ0v) is 12.3. The van der Waals surface area contributed by atoms with Crippen LogP contribution in [0.25, 0.3) is 0 Å². The molecule has 0 radical (unpaired) electrons. The molecule has 102 valence electrons. The maximum absolute atomic E-state index is 13.4. The zero-order chi connectivity index (χ0) is 14.0. The largest absolute Gasteiger partial charge is 0.391 e. The Morgan fingerprint density at radius 1 is 1.58 bits per heavy atom. The second kappa shape index (κ2) is 5.94. The number of nitrogens with zero attached hydrogens (tertiary/aromatic N) is 1. The number of rotatable bonds is 2. The van der Waals surface area contributed by atoms with Crippen LogP contribution in [0.2, 0.25) is 0 Å². The van der Waals surface area contributed by atoms with E-state index in [1.54, 1.807) is 11.0 Å². The number of hydrogen-bond acceptors (Lipinski definition) is 3. The highest BCUT2D eigenvalue weighted by Crippen LogP contribution is 2.18. The standard InChI is InChI=1S/C12H12BrFN2O2S/c13-8-2-1-7(5-9(8)14)12(17)16-3-4-18-10(6-16)11(15)19/h1-2,5,10H,3-4,6H2,(H2,15,19). The Morgan fingerprint density at radius 2 is 2.32 bits per heavy atom. The normalized spacial score (nSPS) is 19.3. The fourth-order valence-corrected chi connectivity index (χ4v) is 2.21. The monoisotopic (exact) mass is 346 g/mol. The van der Waals surface area contributed by atoms with Gasteiger partial charge in [0.2, 0.25) is 0 Å². The molecular formula is C12H12BrFN2O2S. The predicted molar refractivity (Wildman–Crippen MR) is 76.5 cm³/mol. The first-order valence-electron chi connectivity index (χ1n) is 5.64. The Kier molecular flexibility index (Phi) is 4.49. The van der Waals surface area contributed by atoms with Crippen LogP contribution in [-0.2, 0) is 4.74 Å². The number of thiocarbonyl (C=S) groups is 1. The second-order valence-electron chi connectivity index (χ2n) is 4.14. The van der Waals surface area contributed by atoms with Crippen molar-refractivity contribution in [3.63, 3.8) is 0 Å². The van der Waals surface area contributed by atoms with Crippen molar-refractivity contribution in [2.75, 3.05) is 19.7 Å². The number of ether oxygens (including phenoxy) is 1. The summed E-state index contributed by atoms with van der Waals surface area (Å²) in [7, 11) is 0. The number of benzene rings is 1. The van der Waals surface area contributed by atoms with Crippen molar-refractivity contribution in [3.8, 4) is 0 Å². The fourth-order valence-electron chi connectivity index (χ4n) is 1.82. The maximum atomic E-state index is 13.4. The van der Waals surface area contributed by atoms with E-state index in [0.29, 0.717) is 29.7 Å². The summed E-state index contributed by atoms with van der Waals surface area (Å²) in [4.78, 5) is 14.0. The Hall–Kier alpha value is -1.05. The molecular weight excluding hydrogens is 335 g/mol. The second-order valence-corrected chi connectivity index (χ2v) is 5.47. The van der Waals surface area contributed by atoms with Gasteiger partial charge >= 0.3 is 0 Å². The van der Waals surface area contributed by atoms with E-state index in [1.807, 2.05) is 0 Å². The molecule has 0 spiro atoms. The van der Waals surface area contributed by atoms with Gasteiger partial charge in [-0.1, -0.05) is 12.2 Å². The predicted octanol–water partition coefficient (Wildman–Crippen LogP) is 1.72. The zero-order valence-electron chi connectivity index (χ0n) is 9.94. The Balaban J connectivity index is 2.14. The summed E-state index contributed by atoms with van der Waals surface area (Å²) in [5, 5.41) is 0. The molecule has 1 amide bonds. The van der Waals surface area contributed by atoms with E-state index in [-0.39, 0.29) is 10.9 Å². The van der Waals surface area contributed by atoms with Crippen LogP contribution in [0.5, 0.6) is 0 Å². The molecule has 1 fully saturated rings. The molecule has 0 bridgehead atoms. The van der Waals surface area contributed by atoms with Gasteiger partial charge in [-0.05, 0) is 34.1 Å². The molecule has 0 aromatic heterocycles. The number of carbonyl (C=O) groups excluding carboxylic acids is 1. The number of nitrogens with two attached hydrogens (primary N) is 1. The topological polar surface area (TPSA) is 55.6 Å². The molecule has 1 aliphatic heterocycles. The molecule has 1 heterocycles. The van der Waals surface area contributed by atoms with Crippen LogP contribution in [0.4, 0.5) is 4.39 Å². The summed E-state index contributed by atoms with van der Waals surface area (Å²) in [6, 6.07) is 4.28. The first kappa shape index (κ1) is 14.4. The van der Waals surface area contributed by atoms with Gasteiger partial charge in [-0.25, -0.2) is 4.39 Å². The van der Waals surface area contributed by atoms with E-state index in [1.165, 1.54) is 12.1 Å². The summed E-state index contributed by atoms with van der Waals surface area (Å²) >= 11 is 7.91. The molecule has 0 saturated carbocycles. The van der Waals surface area contributed by atoms with Crippen molar-refractivity contribution >= 4 is 39.0 Å². The van der Waals surface area contributed by atoms with Crippen molar-refractivity contribution in [1.82, 2.24) is 4.90 Å². The quantitative estimate of drug-likeness (QED) is 0.828. The third-order valence-electron chi connectivity index (χ3n) is 2.84. The highest BCUT2D eigenvalue weighted by molar-refractivity contribution is 9.10. The van der Waals surface area contributed by atoms with Crippen LogP contribution in [-0.4, -0.2) is 41.6 Å². The average Bonchev–Trinajstić information content (AvgIpc) is 2.41. The van der Waals surface area contributed by atoms with E-state index in [0.717, 1.165) is 0 Å². The van der Waals surface area contributed by atoms with Gasteiger partial charge in [0, 0.05) is 12.1 Å². The summed E-state index contributed by atoms with van der Waals surface area (Å²) < 4.78 is 19.1. The fraction of sp³-hybridized carbons (Fsp3) is 0.333. The van der Waals surface area contributed by atoms with Gasteiger partial charge in [0.25, 0.3) is 5.91 Å². The first-order chi connectivity index (χ1) is 8.99. The van der Waals surface area contributed by atoms with Crippen LogP contribution >= 0.6 is 28.1 Å². The van der Waals surface area contributed by atoms with Gasteiger partial charge in [0.1, 0.15) is 16.9 Å². The van der Waals surface area contributed by atoms with E-state index < -0.39 is 11.9 Å². The number of halogens is 2. The lowest BCUT2D eigenvalue weighted by Crippen LogP contribution is -2.49. The molecule has 0 aliphatic carbocycles. The highest BCUT2D eigenvalue weighted by atomic mass is 79.9. The Labute approximate surface area is 123 Å². The lowest BCUT2D eigenvalue weighted by atomic mass is 10.1. The van der Waals surface area contributed by atoms with Gasteiger partial charge in [0.15, 0.2) is 0 Å². The number of carbonyl (C=O) groups is 1. The maximum Gasteiger partial charge on any atom is 0.254 e. The molecule has 1 saturated heterocycles. The summed E-state index contributed by atoms with van der Waals surface area (Å²) in [5.74, 6) is -0.721. The molecule has 19 heavy (non-hydrogen) atoms. The molecule has 1 aromatic carbocycles. The molecule has 1 unspecified atom stereocenters. The van der Waals surface area contributed by atoms with Gasteiger partial charge in [-0.2, -0.15) is 0 Å². The number of morpholine rings is 1. The van der Waals surface area contributed by atoms with Gasteiger partial charge in [0.05, 0.1) is 17.6 Å². The van der Waals surface area contributed by atoms with E-state index in [2.05, 4.69) is 15.9 Å². The molecule has 2 N–H and O–H groups in total. The van der Waals surface area contributed by atoms with Crippen LogP contribution in [0.15, 0.2) is 22.7 Å². The van der Waals surface area contributed by atoms with Crippen LogP contribution in [0.3, 0.4) is 0 Å². The lowest BCUT2D eigenvalue weighted by molar-refractivity contribution is 0.00877. The average molecular weight is 347 g/mol. The summed E-state index contributed by atoms with van der Waals surface area (Å²) in [6.45, 7) is 1.11. The van der Waals surface area contributed by atoms with E-state index in [9.17, 15) is 9.18 Å². The number of amides is 1. The minimum absolute atomic E-state index is 0.222. The van der Waals surface area contributed by atoms with E-state index >= 15 is 0 Å². The SMILES string of the molecule is NC(=S)C1CN(C(=O)c2ccc(Br)c(F)c2)CCO1.